The molecule has 0 radical (unpaired) electrons. The molecule has 1 atom stereocenters. The highest BCUT2D eigenvalue weighted by Gasteiger charge is 2.27. The summed E-state index contributed by atoms with van der Waals surface area (Å²) in [6, 6.07) is 6.39. The molecular weight excluding hydrogens is 419 g/mol. The Hall–Kier alpha value is -3.44. The number of carbonyl (C=O) groups excluding carboxylic acids is 1. The molecule has 2 aromatic rings. The van der Waals surface area contributed by atoms with Gasteiger partial charge in [0.15, 0.2) is 5.76 Å². The van der Waals surface area contributed by atoms with Crippen LogP contribution in [-0.2, 0) is 9.53 Å². The lowest BCUT2D eigenvalue weighted by atomic mass is 9.91. The number of nitrogens with zero attached hydrogens (tertiary/aromatic N) is 4. The van der Waals surface area contributed by atoms with Gasteiger partial charge in [0.2, 0.25) is 11.9 Å². The third-order valence-corrected chi connectivity index (χ3v) is 6.21. The van der Waals surface area contributed by atoms with Crippen molar-refractivity contribution in [3.63, 3.8) is 0 Å². The van der Waals surface area contributed by atoms with Gasteiger partial charge in [-0.3, -0.25) is 4.79 Å². The second-order valence-corrected chi connectivity index (χ2v) is 8.39. The van der Waals surface area contributed by atoms with Gasteiger partial charge in [0.05, 0.1) is 12.2 Å². The first-order valence-corrected chi connectivity index (χ1v) is 11.4. The standard InChI is InChI=1S/C26H29FN4O2/c1-3-24(33-4-2)22-16-28-26(29-17-22)30-12-9-19(10-13-30)18-31-14-11-21(15-25(31)32)20-5-7-23(27)8-6-20/h5-8,11,14,16-17,19,21H,1,4,9-10,12-13,15,18H2,2H3. The first kappa shape index (κ1) is 22.7. The maximum atomic E-state index is 13.2. The average Bonchev–Trinajstić information content (AvgIpc) is 2.85. The lowest BCUT2D eigenvalue weighted by Crippen LogP contribution is -2.40. The summed E-state index contributed by atoms with van der Waals surface area (Å²) in [5.41, 5.74) is 4.51. The normalized spacial score (nSPS) is 18.8. The van der Waals surface area contributed by atoms with E-state index in [0.717, 1.165) is 43.6 Å². The van der Waals surface area contributed by atoms with E-state index in [9.17, 15) is 9.18 Å². The molecule has 6 nitrogen and oxygen atoms in total. The summed E-state index contributed by atoms with van der Waals surface area (Å²) in [5.74, 6) is 1.56. The number of allylic oxidation sites excluding steroid dienone is 1. The second kappa shape index (κ2) is 10.5. The van der Waals surface area contributed by atoms with Gasteiger partial charge in [0.25, 0.3) is 0 Å². The number of amides is 1. The van der Waals surface area contributed by atoms with Crippen LogP contribution < -0.4 is 4.90 Å². The predicted octanol–water partition coefficient (Wildman–Crippen LogP) is 4.52. The van der Waals surface area contributed by atoms with Gasteiger partial charge in [0, 0.05) is 50.6 Å². The number of ether oxygens (including phenoxy) is 1. The zero-order valence-electron chi connectivity index (χ0n) is 18.9. The number of rotatable bonds is 7. The Morgan fingerprint density at radius 1 is 1.21 bits per heavy atom. The number of benzene rings is 1. The number of anilines is 1. The van der Waals surface area contributed by atoms with Crippen molar-refractivity contribution in [2.75, 3.05) is 31.1 Å². The third kappa shape index (κ3) is 5.49. The minimum Gasteiger partial charge on any atom is -0.486 e. The highest BCUT2D eigenvalue weighted by Crippen LogP contribution is 2.28. The van der Waals surface area contributed by atoms with Crippen molar-refractivity contribution in [2.45, 2.75) is 32.1 Å². The van der Waals surface area contributed by atoms with Crippen molar-refractivity contribution < 1.29 is 13.9 Å². The maximum Gasteiger partial charge on any atom is 0.227 e. The van der Waals surface area contributed by atoms with Crippen LogP contribution in [0.4, 0.5) is 10.3 Å². The highest BCUT2D eigenvalue weighted by atomic mass is 19.1. The van der Waals surface area contributed by atoms with Gasteiger partial charge in [-0.2, -0.15) is 0 Å². The summed E-state index contributed by atoms with van der Waals surface area (Å²) < 4.78 is 18.7. The first-order chi connectivity index (χ1) is 16.1. The average molecular weight is 449 g/mol. The Labute approximate surface area is 194 Å². The van der Waals surface area contributed by atoms with E-state index in [1.54, 1.807) is 24.5 Å². The molecule has 3 heterocycles. The third-order valence-electron chi connectivity index (χ3n) is 6.21. The number of carbonyl (C=O) groups is 1. The molecular formula is C26H29FN4O2. The maximum absolute atomic E-state index is 13.2. The smallest absolute Gasteiger partial charge is 0.227 e. The van der Waals surface area contributed by atoms with Crippen LogP contribution in [0.5, 0.6) is 0 Å². The molecule has 1 unspecified atom stereocenters. The van der Waals surface area contributed by atoms with Crippen LogP contribution in [0.3, 0.4) is 0 Å². The zero-order valence-corrected chi connectivity index (χ0v) is 18.9. The Balaban J connectivity index is 1.30. The molecule has 1 amide bonds. The first-order valence-electron chi connectivity index (χ1n) is 11.4. The largest absolute Gasteiger partial charge is 0.486 e. The highest BCUT2D eigenvalue weighted by molar-refractivity contribution is 5.79. The van der Waals surface area contributed by atoms with Crippen molar-refractivity contribution in [1.29, 1.82) is 0 Å². The molecule has 33 heavy (non-hydrogen) atoms. The molecule has 4 rings (SSSR count). The van der Waals surface area contributed by atoms with Gasteiger partial charge in [0.1, 0.15) is 5.82 Å². The zero-order chi connectivity index (χ0) is 23.2. The molecule has 0 saturated carbocycles. The lowest BCUT2D eigenvalue weighted by molar-refractivity contribution is -0.130. The molecule has 7 heteroatoms. The van der Waals surface area contributed by atoms with Crippen LogP contribution in [0, 0.1) is 11.7 Å². The van der Waals surface area contributed by atoms with Gasteiger partial charge < -0.3 is 14.5 Å². The van der Waals surface area contributed by atoms with E-state index in [0.29, 0.717) is 30.7 Å². The van der Waals surface area contributed by atoms with Crippen LogP contribution in [0.1, 0.15) is 43.2 Å². The number of halogens is 1. The van der Waals surface area contributed by atoms with Crippen molar-refractivity contribution in [3.05, 3.63) is 78.2 Å². The van der Waals surface area contributed by atoms with Gasteiger partial charge >= 0.3 is 0 Å². The van der Waals surface area contributed by atoms with Crippen molar-refractivity contribution in [3.8, 4) is 0 Å². The number of aromatic nitrogens is 2. The Kier molecular flexibility index (Phi) is 7.20. The van der Waals surface area contributed by atoms with E-state index in [4.69, 9.17) is 4.74 Å². The predicted molar refractivity (Wildman–Crippen MR) is 126 cm³/mol. The van der Waals surface area contributed by atoms with E-state index in [-0.39, 0.29) is 17.6 Å². The Morgan fingerprint density at radius 3 is 2.52 bits per heavy atom. The second-order valence-electron chi connectivity index (χ2n) is 8.39. The molecule has 0 spiro atoms. The number of piperidine rings is 1. The van der Waals surface area contributed by atoms with Crippen LogP contribution in [-0.4, -0.2) is 47.0 Å². The van der Waals surface area contributed by atoms with Crippen molar-refractivity contribution >= 4 is 17.6 Å². The minimum absolute atomic E-state index is 0.00972. The molecule has 2 aliphatic rings. The van der Waals surface area contributed by atoms with Gasteiger partial charge in [-0.05, 0) is 43.4 Å². The van der Waals surface area contributed by atoms with E-state index in [1.165, 1.54) is 12.1 Å². The molecule has 2 aliphatic heterocycles. The molecule has 0 N–H and O–H groups in total. The fourth-order valence-electron chi connectivity index (χ4n) is 4.34. The summed E-state index contributed by atoms with van der Waals surface area (Å²) in [7, 11) is 0. The van der Waals surface area contributed by atoms with Crippen molar-refractivity contribution in [2.24, 2.45) is 5.92 Å². The molecule has 1 aromatic carbocycles. The van der Waals surface area contributed by atoms with E-state index < -0.39 is 0 Å². The molecule has 1 aromatic heterocycles. The fourth-order valence-corrected chi connectivity index (χ4v) is 4.34. The van der Waals surface area contributed by atoms with E-state index >= 15 is 0 Å². The van der Waals surface area contributed by atoms with Crippen LogP contribution in [0.15, 0.2) is 61.2 Å². The summed E-state index contributed by atoms with van der Waals surface area (Å²) in [5, 5.41) is 0. The Morgan fingerprint density at radius 2 is 1.91 bits per heavy atom. The quantitative estimate of drug-likeness (QED) is 0.460. The van der Waals surface area contributed by atoms with E-state index in [1.807, 2.05) is 24.1 Å². The topological polar surface area (TPSA) is 58.6 Å². The lowest BCUT2D eigenvalue weighted by Gasteiger charge is -2.35. The van der Waals surface area contributed by atoms with Gasteiger partial charge in [-0.1, -0.05) is 30.5 Å². The van der Waals surface area contributed by atoms with Crippen LogP contribution in [0.25, 0.3) is 5.76 Å². The van der Waals surface area contributed by atoms with Crippen molar-refractivity contribution in [1.82, 2.24) is 14.9 Å². The molecule has 172 valence electrons. The fraction of sp³-hybridized carbons (Fsp3) is 0.385. The molecule has 0 aliphatic carbocycles. The summed E-state index contributed by atoms with van der Waals surface area (Å²) in [6.45, 7) is 8.52. The van der Waals surface area contributed by atoms with Gasteiger partial charge in [-0.15, -0.1) is 0 Å². The monoisotopic (exact) mass is 448 g/mol. The summed E-state index contributed by atoms with van der Waals surface area (Å²) in [6.07, 6.45) is 9.80. The summed E-state index contributed by atoms with van der Waals surface area (Å²) >= 11 is 0. The Bertz CT molecular complexity index is 1040. The number of hydrogen-bond acceptors (Lipinski definition) is 5. The SMILES string of the molecule is C=C=C(OCC)c1cnc(N2CCC(CN3C=CC(c4ccc(F)cc4)CC3=O)CC2)nc1. The molecule has 0 bridgehead atoms. The molecule has 1 saturated heterocycles. The summed E-state index contributed by atoms with van der Waals surface area (Å²) in [4.78, 5) is 25.7. The van der Waals surface area contributed by atoms with Crippen LogP contribution >= 0.6 is 0 Å². The molecule has 1 fully saturated rings. The number of hydrogen-bond donors (Lipinski definition) is 0. The van der Waals surface area contributed by atoms with E-state index in [2.05, 4.69) is 27.2 Å². The van der Waals surface area contributed by atoms with Gasteiger partial charge in [-0.25, -0.2) is 14.4 Å². The van der Waals surface area contributed by atoms with Crippen LogP contribution in [0.2, 0.25) is 0 Å². The minimum atomic E-state index is -0.261.